The summed E-state index contributed by atoms with van der Waals surface area (Å²) in [6.07, 6.45) is -14.5. The highest BCUT2D eigenvalue weighted by Gasteiger charge is 2.47. The van der Waals surface area contributed by atoms with E-state index in [0.29, 0.717) is 19.6 Å². The minimum atomic E-state index is -2.08. The van der Waals surface area contributed by atoms with Crippen molar-refractivity contribution in [3.05, 3.63) is 0 Å². The normalized spacial score (nSPS) is 29.8. The van der Waals surface area contributed by atoms with Gasteiger partial charge in [0.15, 0.2) is 12.4 Å². The molecule has 1 aliphatic heterocycles. The van der Waals surface area contributed by atoms with Crippen molar-refractivity contribution in [2.45, 2.75) is 68.0 Å². The van der Waals surface area contributed by atoms with Crippen molar-refractivity contribution in [2.75, 3.05) is 39.4 Å². The zero-order chi connectivity index (χ0) is 24.3. The van der Waals surface area contributed by atoms with E-state index in [0.717, 1.165) is 12.8 Å². The topological polar surface area (TPSA) is 247 Å². The van der Waals surface area contributed by atoms with Crippen molar-refractivity contribution in [2.24, 2.45) is 5.73 Å². The molecule has 190 valence electrons. The van der Waals surface area contributed by atoms with Crippen LogP contribution in [0.4, 0.5) is 0 Å². The number of aliphatic hydroxyl groups excluding tert-OH is 8. The maximum Gasteiger partial charge on any atom is 0.251 e. The van der Waals surface area contributed by atoms with Gasteiger partial charge in [-0.2, -0.15) is 0 Å². The molecule has 1 amide bonds. The Kier molecular flexibility index (Phi) is 13.6. The van der Waals surface area contributed by atoms with Gasteiger partial charge in [-0.25, -0.2) is 0 Å². The first-order valence-corrected chi connectivity index (χ1v) is 10.5. The van der Waals surface area contributed by atoms with Crippen LogP contribution in [0.2, 0.25) is 0 Å². The summed E-state index contributed by atoms with van der Waals surface area (Å²) in [6, 6.07) is 0. The molecule has 0 spiro atoms. The smallest absolute Gasteiger partial charge is 0.251 e. The van der Waals surface area contributed by atoms with Crippen LogP contribution < -0.4 is 16.4 Å². The first kappa shape index (κ1) is 29.0. The van der Waals surface area contributed by atoms with Crippen molar-refractivity contribution in [1.29, 1.82) is 0 Å². The van der Waals surface area contributed by atoms with Crippen LogP contribution in [0.5, 0.6) is 0 Å². The highest BCUT2D eigenvalue weighted by molar-refractivity contribution is 5.81. The Morgan fingerprint density at radius 2 is 1.69 bits per heavy atom. The summed E-state index contributed by atoms with van der Waals surface area (Å²) in [6.45, 7) is 0.103. The Hall–Kier alpha value is -1.01. The van der Waals surface area contributed by atoms with Gasteiger partial charge in [-0.15, -0.1) is 0 Å². The fraction of sp³-hybridized carbons (Fsp3) is 0.944. The fourth-order valence-electron chi connectivity index (χ4n) is 3.07. The molecule has 1 fully saturated rings. The summed E-state index contributed by atoms with van der Waals surface area (Å²) in [4.78, 5) is 12.1. The number of nitrogens with one attached hydrogen (secondary N) is 2. The standard InChI is InChI=1S/C18H37N3O11/c19-3-1-2-4-20-5-6-21-17(30)14(28)13(27)16(9(24)7-22)32-18-15(29)12(26)11(25)10(8-23)31-18/h9-16,18,20,22-29H,1-8,19H2,(H,21,30)/t9?,10?,11-,12+,13-,14?,15+,16-,18?/m1/s1. The molecule has 0 aromatic rings. The Morgan fingerprint density at radius 3 is 2.28 bits per heavy atom. The number of aliphatic hydroxyl groups is 8. The number of rotatable bonds is 15. The summed E-state index contributed by atoms with van der Waals surface area (Å²) in [5, 5.41) is 84.1. The lowest BCUT2D eigenvalue weighted by molar-refractivity contribution is -0.326. The molecule has 32 heavy (non-hydrogen) atoms. The van der Waals surface area contributed by atoms with Gasteiger partial charge >= 0.3 is 0 Å². The summed E-state index contributed by atoms with van der Waals surface area (Å²) >= 11 is 0. The quantitative estimate of drug-likeness (QED) is 0.0996. The highest BCUT2D eigenvalue weighted by Crippen LogP contribution is 2.25. The van der Waals surface area contributed by atoms with Gasteiger partial charge in [0.1, 0.15) is 42.7 Å². The van der Waals surface area contributed by atoms with Crippen LogP contribution in [0.25, 0.3) is 0 Å². The molecule has 9 atom stereocenters. The molecule has 4 unspecified atom stereocenters. The molecule has 1 heterocycles. The minimum Gasteiger partial charge on any atom is -0.394 e. The van der Waals surface area contributed by atoms with Crippen LogP contribution >= 0.6 is 0 Å². The molecule has 1 rings (SSSR count). The lowest BCUT2D eigenvalue weighted by Gasteiger charge is -2.42. The van der Waals surface area contributed by atoms with Crippen molar-refractivity contribution in [3.8, 4) is 0 Å². The van der Waals surface area contributed by atoms with E-state index in [-0.39, 0.29) is 6.54 Å². The second-order valence-corrected chi connectivity index (χ2v) is 7.52. The van der Waals surface area contributed by atoms with Gasteiger partial charge in [-0.1, -0.05) is 0 Å². The largest absolute Gasteiger partial charge is 0.394 e. The van der Waals surface area contributed by atoms with Gasteiger partial charge in [0.25, 0.3) is 5.91 Å². The average molecular weight is 472 g/mol. The summed E-state index contributed by atoms with van der Waals surface area (Å²) in [5.41, 5.74) is 5.38. The molecular weight excluding hydrogens is 434 g/mol. The second-order valence-electron chi connectivity index (χ2n) is 7.52. The number of nitrogens with two attached hydrogens (primary N) is 1. The average Bonchev–Trinajstić information content (AvgIpc) is 2.80. The second kappa shape index (κ2) is 15.0. The molecule has 0 aromatic carbocycles. The first-order chi connectivity index (χ1) is 15.2. The number of amides is 1. The third kappa shape index (κ3) is 8.40. The number of hydrogen-bond donors (Lipinski definition) is 11. The molecule has 0 aromatic heterocycles. The number of carbonyl (C=O) groups is 1. The van der Waals surface area contributed by atoms with Gasteiger partial charge in [-0.05, 0) is 25.9 Å². The number of unbranched alkanes of at least 4 members (excludes halogenated alkanes) is 1. The first-order valence-electron chi connectivity index (χ1n) is 10.5. The zero-order valence-corrected chi connectivity index (χ0v) is 17.7. The molecule has 12 N–H and O–H groups in total. The molecule has 1 aliphatic rings. The minimum absolute atomic E-state index is 0.131. The molecule has 0 aliphatic carbocycles. The fourth-order valence-corrected chi connectivity index (χ4v) is 3.07. The molecule has 0 saturated carbocycles. The number of carbonyl (C=O) groups excluding carboxylic acids is 1. The van der Waals surface area contributed by atoms with Crippen LogP contribution in [0.15, 0.2) is 0 Å². The van der Waals surface area contributed by atoms with E-state index in [1.165, 1.54) is 0 Å². The summed E-state index contributed by atoms with van der Waals surface area (Å²) in [7, 11) is 0. The van der Waals surface area contributed by atoms with E-state index in [9.17, 15) is 45.6 Å². The Bertz CT molecular complexity index is 530. The van der Waals surface area contributed by atoms with E-state index in [4.69, 9.17) is 15.2 Å². The van der Waals surface area contributed by atoms with Crippen molar-refractivity contribution >= 4 is 5.91 Å². The number of hydrogen-bond acceptors (Lipinski definition) is 13. The van der Waals surface area contributed by atoms with Crippen molar-refractivity contribution in [3.63, 3.8) is 0 Å². The highest BCUT2D eigenvalue weighted by atomic mass is 16.7. The van der Waals surface area contributed by atoms with Gasteiger partial charge in [0.05, 0.1) is 13.2 Å². The van der Waals surface area contributed by atoms with E-state index >= 15 is 0 Å². The molecule has 0 bridgehead atoms. The summed E-state index contributed by atoms with van der Waals surface area (Å²) in [5.74, 6) is -0.978. The maximum atomic E-state index is 12.1. The molecule has 0 radical (unpaired) electrons. The van der Waals surface area contributed by atoms with E-state index in [2.05, 4.69) is 10.6 Å². The van der Waals surface area contributed by atoms with Crippen LogP contribution in [0.1, 0.15) is 12.8 Å². The van der Waals surface area contributed by atoms with Gasteiger partial charge < -0.3 is 66.7 Å². The SMILES string of the molecule is NCCCCNCCNC(=O)C(O)[C@@H](O)[C@H](OC1OC(CO)[C@@H](O)[C@H](O)[C@@H]1O)C(O)CO. The van der Waals surface area contributed by atoms with E-state index in [1.807, 2.05) is 0 Å². The van der Waals surface area contributed by atoms with Crippen LogP contribution in [0.3, 0.4) is 0 Å². The zero-order valence-electron chi connectivity index (χ0n) is 17.7. The molecular formula is C18H37N3O11. The van der Waals surface area contributed by atoms with Crippen LogP contribution in [0, 0.1) is 0 Å². The summed E-state index contributed by atoms with van der Waals surface area (Å²) < 4.78 is 10.4. The number of ether oxygens (including phenoxy) is 2. The third-order valence-corrected chi connectivity index (χ3v) is 5.04. The van der Waals surface area contributed by atoms with Gasteiger partial charge in [-0.3, -0.25) is 4.79 Å². The third-order valence-electron chi connectivity index (χ3n) is 5.04. The lowest BCUT2D eigenvalue weighted by Crippen LogP contribution is -2.62. The van der Waals surface area contributed by atoms with Gasteiger partial charge in [0, 0.05) is 13.1 Å². The predicted octanol–water partition coefficient (Wildman–Crippen LogP) is -6.31. The molecule has 1 saturated heterocycles. The van der Waals surface area contributed by atoms with Gasteiger partial charge in [0.2, 0.25) is 0 Å². The Labute approximate surface area is 185 Å². The lowest BCUT2D eigenvalue weighted by atomic mass is 9.98. The maximum absolute atomic E-state index is 12.1. The molecule has 14 heteroatoms. The van der Waals surface area contributed by atoms with Crippen molar-refractivity contribution < 1.29 is 55.1 Å². The predicted molar refractivity (Wildman–Crippen MR) is 108 cm³/mol. The molecule has 14 nitrogen and oxygen atoms in total. The van der Waals surface area contributed by atoms with Crippen LogP contribution in [-0.4, -0.2) is 141 Å². The van der Waals surface area contributed by atoms with E-state index in [1.54, 1.807) is 0 Å². The monoisotopic (exact) mass is 471 g/mol. The Balaban J connectivity index is 2.68. The van der Waals surface area contributed by atoms with E-state index < -0.39 is 74.2 Å². The van der Waals surface area contributed by atoms with Crippen LogP contribution in [-0.2, 0) is 14.3 Å². The Morgan fingerprint density at radius 1 is 1.00 bits per heavy atom. The van der Waals surface area contributed by atoms with Crippen molar-refractivity contribution in [1.82, 2.24) is 10.6 Å².